The predicted molar refractivity (Wildman–Crippen MR) is 76.7 cm³/mol. The molecule has 122 valence electrons. The molecule has 5 aliphatic rings. The van der Waals surface area contributed by atoms with Crippen molar-refractivity contribution in [2.45, 2.75) is 76.1 Å². The molecule has 4 saturated carbocycles. The lowest BCUT2D eigenvalue weighted by Gasteiger charge is -2.60. The van der Waals surface area contributed by atoms with E-state index in [0.717, 1.165) is 25.7 Å². The first-order chi connectivity index (χ1) is 10.3. The van der Waals surface area contributed by atoms with Crippen LogP contribution >= 0.6 is 0 Å². The Morgan fingerprint density at radius 1 is 1.27 bits per heavy atom. The highest BCUT2D eigenvalue weighted by atomic mass is 16.6. The van der Waals surface area contributed by atoms with E-state index in [0.29, 0.717) is 31.1 Å². The molecular weight excluding hydrogens is 284 g/mol. The van der Waals surface area contributed by atoms with Crippen LogP contribution in [0.3, 0.4) is 0 Å². The summed E-state index contributed by atoms with van der Waals surface area (Å²) in [4.78, 5) is 23.9. The quantitative estimate of drug-likeness (QED) is 0.807. The molecule has 0 spiro atoms. The highest BCUT2D eigenvalue weighted by molar-refractivity contribution is 5.81. The fourth-order valence-electron chi connectivity index (χ4n) is 5.93. The average Bonchev–Trinajstić information content (AvgIpc) is 2.63. The SMILES string of the molecule is C[C@@H]1C[C@@H](OC(=O)CC23C[C@H]4C[C@@H](CC(O)(C4)C2)C3)C(=O)O1. The van der Waals surface area contributed by atoms with Crippen LogP contribution in [-0.4, -0.2) is 34.9 Å². The first-order valence-electron chi connectivity index (χ1n) is 8.47. The first-order valence-corrected chi connectivity index (χ1v) is 8.47. The van der Waals surface area contributed by atoms with Gasteiger partial charge in [0.15, 0.2) is 0 Å². The Labute approximate surface area is 130 Å². The van der Waals surface area contributed by atoms with Crippen LogP contribution in [0.5, 0.6) is 0 Å². The van der Waals surface area contributed by atoms with Crippen molar-refractivity contribution in [1.82, 2.24) is 0 Å². The van der Waals surface area contributed by atoms with Crippen LogP contribution in [-0.2, 0) is 19.1 Å². The van der Waals surface area contributed by atoms with Gasteiger partial charge in [-0.1, -0.05) is 0 Å². The summed E-state index contributed by atoms with van der Waals surface area (Å²) in [6.45, 7) is 1.81. The summed E-state index contributed by atoms with van der Waals surface area (Å²) in [6, 6.07) is 0. The fourth-order valence-corrected chi connectivity index (χ4v) is 5.93. The predicted octanol–water partition coefficient (Wildman–Crippen LogP) is 1.96. The van der Waals surface area contributed by atoms with Gasteiger partial charge >= 0.3 is 11.9 Å². The molecule has 1 aliphatic heterocycles. The molecule has 4 atom stereocenters. The van der Waals surface area contributed by atoms with Crippen LogP contribution in [0.1, 0.15) is 58.3 Å². The second-order valence-corrected chi connectivity index (χ2v) is 8.32. The maximum Gasteiger partial charge on any atom is 0.347 e. The smallest absolute Gasteiger partial charge is 0.347 e. The lowest BCUT2D eigenvalue weighted by molar-refractivity contribution is -0.181. The number of aliphatic hydroxyl groups is 1. The molecule has 1 saturated heterocycles. The summed E-state index contributed by atoms with van der Waals surface area (Å²) in [7, 11) is 0. The summed E-state index contributed by atoms with van der Waals surface area (Å²) < 4.78 is 10.4. The third kappa shape index (κ3) is 2.43. The molecular formula is C17H24O5. The second kappa shape index (κ2) is 4.70. The van der Waals surface area contributed by atoms with Gasteiger partial charge in [0.25, 0.3) is 0 Å². The summed E-state index contributed by atoms with van der Waals surface area (Å²) in [6.07, 6.45) is 5.62. The van der Waals surface area contributed by atoms with Crippen LogP contribution < -0.4 is 0 Å². The van der Waals surface area contributed by atoms with E-state index in [4.69, 9.17) is 9.47 Å². The van der Waals surface area contributed by atoms with Gasteiger partial charge in [-0.2, -0.15) is 0 Å². The van der Waals surface area contributed by atoms with Crippen molar-refractivity contribution in [1.29, 1.82) is 0 Å². The number of hydrogen-bond acceptors (Lipinski definition) is 5. The molecule has 4 bridgehead atoms. The van der Waals surface area contributed by atoms with Gasteiger partial charge in [0.05, 0.1) is 12.0 Å². The van der Waals surface area contributed by atoms with Crippen molar-refractivity contribution in [3.8, 4) is 0 Å². The van der Waals surface area contributed by atoms with Gasteiger partial charge in [-0.3, -0.25) is 4.79 Å². The molecule has 4 aliphatic carbocycles. The van der Waals surface area contributed by atoms with E-state index >= 15 is 0 Å². The molecule has 1 N–H and O–H groups in total. The first kappa shape index (κ1) is 14.5. The molecule has 5 fully saturated rings. The molecule has 5 heteroatoms. The Morgan fingerprint density at radius 2 is 1.95 bits per heavy atom. The van der Waals surface area contributed by atoms with E-state index < -0.39 is 17.7 Å². The number of carbonyl (C=O) groups is 2. The van der Waals surface area contributed by atoms with E-state index in [2.05, 4.69) is 0 Å². The summed E-state index contributed by atoms with van der Waals surface area (Å²) in [5, 5.41) is 10.7. The summed E-state index contributed by atoms with van der Waals surface area (Å²) >= 11 is 0. The molecule has 0 aromatic carbocycles. The summed E-state index contributed by atoms with van der Waals surface area (Å²) in [5.74, 6) is 0.373. The molecule has 0 unspecified atom stereocenters. The largest absolute Gasteiger partial charge is 0.460 e. The van der Waals surface area contributed by atoms with Gasteiger partial charge in [0, 0.05) is 6.42 Å². The molecule has 5 nitrogen and oxygen atoms in total. The van der Waals surface area contributed by atoms with E-state index in [1.807, 2.05) is 0 Å². The van der Waals surface area contributed by atoms with Gasteiger partial charge in [0.2, 0.25) is 6.10 Å². The third-order valence-corrected chi connectivity index (χ3v) is 6.07. The van der Waals surface area contributed by atoms with E-state index in [-0.39, 0.29) is 17.5 Å². The minimum atomic E-state index is -0.737. The Bertz CT molecular complexity index is 499. The maximum absolute atomic E-state index is 12.3. The van der Waals surface area contributed by atoms with E-state index in [1.165, 1.54) is 6.42 Å². The molecule has 0 aromatic rings. The van der Waals surface area contributed by atoms with Crippen LogP contribution in [0.4, 0.5) is 0 Å². The highest BCUT2D eigenvalue weighted by Gasteiger charge is 2.57. The molecule has 22 heavy (non-hydrogen) atoms. The average molecular weight is 308 g/mol. The van der Waals surface area contributed by atoms with Crippen molar-refractivity contribution in [2.75, 3.05) is 0 Å². The number of cyclic esters (lactones) is 1. The number of rotatable bonds is 3. The van der Waals surface area contributed by atoms with Crippen molar-refractivity contribution in [3.63, 3.8) is 0 Å². The van der Waals surface area contributed by atoms with Crippen LogP contribution in [0, 0.1) is 17.3 Å². The van der Waals surface area contributed by atoms with Gasteiger partial charge < -0.3 is 14.6 Å². The zero-order chi connectivity index (χ0) is 15.5. The van der Waals surface area contributed by atoms with Crippen LogP contribution in [0.15, 0.2) is 0 Å². The maximum atomic E-state index is 12.3. The zero-order valence-corrected chi connectivity index (χ0v) is 13.0. The van der Waals surface area contributed by atoms with Crippen molar-refractivity contribution >= 4 is 11.9 Å². The fraction of sp³-hybridized carbons (Fsp3) is 0.882. The minimum absolute atomic E-state index is 0.107. The Balaban J connectivity index is 1.42. The molecule has 0 amide bonds. The number of esters is 2. The highest BCUT2D eigenvalue weighted by Crippen LogP contribution is 2.62. The van der Waals surface area contributed by atoms with E-state index in [1.54, 1.807) is 6.92 Å². The topological polar surface area (TPSA) is 72.8 Å². The second-order valence-electron chi connectivity index (χ2n) is 8.32. The van der Waals surface area contributed by atoms with Crippen molar-refractivity contribution in [3.05, 3.63) is 0 Å². The summed E-state index contributed by atoms with van der Waals surface area (Å²) in [5.41, 5.74) is -0.671. The third-order valence-electron chi connectivity index (χ3n) is 6.07. The van der Waals surface area contributed by atoms with Gasteiger partial charge in [-0.25, -0.2) is 4.79 Å². The van der Waals surface area contributed by atoms with Crippen molar-refractivity contribution < 1.29 is 24.2 Å². The zero-order valence-electron chi connectivity index (χ0n) is 13.0. The minimum Gasteiger partial charge on any atom is -0.460 e. The molecule has 0 radical (unpaired) electrons. The van der Waals surface area contributed by atoms with Gasteiger partial charge in [-0.05, 0) is 62.7 Å². The Kier molecular flexibility index (Phi) is 3.09. The van der Waals surface area contributed by atoms with Crippen LogP contribution in [0.25, 0.3) is 0 Å². The molecule has 0 aromatic heterocycles. The number of hydrogen-bond donors (Lipinski definition) is 1. The Hall–Kier alpha value is -1.10. The van der Waals surface area contributed by atoms with Crippen molar-refractivity contribution in [2.24, 2.45) is 17.3 Å². The Morgan fingerprint density at radius 3 is 2.50 bits per heavy atom. The lowest BCUT2D eigenvalue weighted by Crippen LogP contribution is -2.56. The number of carbonyl (C=O) groups excluding carboxylic acids is 2. The molecule has 5 rings (SSSR count). The normalized spacial score (nSPS) is 49.3. The van der Waals surface area contributed by atoms with Crippen LogP contribution in [0.2, 0.25) is 0 Å². The standard InChI is InChI=1S/C17H24O5/c1-10-2-13(15(19)21-10)22-14(18)8-16-4-11-3-12(5-16)7-17(20,6-11)9-16/h10-13,20H,2-9H2,1H3/t10-,11-,12-,13-,16?,17?/m1/s1. The van der Waals surface area contributed by atoms with Gasteiger partial charge in [0.1, 0.15) is 6.10 Å². The lowest BCUT2D eigenvalue weighted by atomic mass is 9.47. The van der Waals surface area contributed by atoms with E-state index in [9.17, 15) is 14.7 Å². The molecule has 1 heterocycles. The monoisotopic (exact) mass is 308 g/mol. The number of ether oxygens (including phenoxy) is 2. The van der Waals surface area contributed by atoms with Gasteiger partial charge in [-0.15, -0.1) is 0 Å².